The lowest BCUT2D eigenvalue weighted by molar-refractivity contribution is 0.139. The molecule has 100 valence electrons. The van der Waals surface area contributed by atoms with E-state index in [1.54, 1.807) is 0 Å². The van der Waals surface area contributed by atoms with E-state index in [9.17, 15) is 0 Å². The van der Waals surface area contributed by atoms with Crippen LogP contribution >= 0.6 is 11.6 Å². The van der Waals surface area contributed by atoms with Gasteiger partial charge in [0.15, 0.2) is 5.82 Å². The van der Waals surface area contributed by atoms with Crippen LogP contribution in [-0.2, 0) is 6.42 Å². The Bertz CT molecular complexity index is 408. The SMILES string of the molecule is CC(C)N1CCCC(Cc2cc(Cl)c(N)nn2)C1. The normalized spacial score (nSPS) is 21.4. The fourth-order valence-corrected chi connectivity index (χ4v) is 2.71. The Labute approximate surface area is 114 Å². The molecule has 1 atom stereocenters. The van der Waals surface area contributed by atoms with Gasteiger partial charge >= 0.3 is 0 Å². The second-order valence-electron chi connectivity index (χ2n) is 5.37. The van der Waals surface area contributed by atoms with E-state index in [1.165, 1.54) is 19.4 Å². The number of likely N-dealkylation sites (tertiary alicyclic amines) is 1. The fourth-order valence-electron chi connectivity index (χ4n) is 2.54. The van der Waals surface area contributed by atoms with Crippen molar-refractivity contribution in [2.45, 2.75) is 39.2 Å². The maximum absolute atomic E-state index is 5.97. The molecule has 1 aromatic heterocycles. The van der Waals surface area contributed by atoms with Crippen molar-refractivity contribution in [3.8, 4) is 0 Å². The van der Waals surface area contributed by atoms with Gasteiger partial charge in [0.2, 0.25) is 0 Å². The second kappa shape index (κ2) is 5.85. The fraction of sp³-hybridized carbons (Fsp3) is 0.692. The highest BCUT2D eigenvalue weighted by molar-refractivity contribution is 6.32. The Morgan fingerprint density at radius 2 is 2.28 bits per heavy atom. The van der Waals surface area contributed by atoms with Gasteiger partial charge in [0, 0.05) is 12.6 Å². The highest BCUT2D eigenvalue weighted by Gasteiger charge is 2.22. The van der Waals surface area contributed by atoms with Gasteiger partial charge in [-0.25, -0.2) is 0 Å². The molecule has 0 amide bonds. The first-order valence-electron chi connectivity index (χ1n) is 6.58. The average molecular weight is 269 g/mol. The van der Waals surface area contributed by atoms with Crippen LogP contribution in [0.1, 0.15) is 32.4 Å². The molecule has 0 radical (unpaired) electrons. The lowest BCUT2D eigenvalue weighted by Gasteiger charge is -2.35. The van der Waals surface area contributed by atoms with Crippen LogP contribution in [-0.4, -0.2) is 34.2 Å². The van der Waals surface area contributed by atoms with Gasteiger partial charge in [-0.15, -0.1) is 5.10 Å². The average Bonchev–Trinajstić information content (AvgIpc) is 2.34. The molecule has 0 aliphatic carbocycles. The molecule has 5 heteroatoms. The van der Waals surface area contributed by atoms with Gasteiger partial charge in [-0.2, -0.15) is 5.10 Å². The zero-order valence-corrected chi connectivity index (χ0v) is 11.8. The van der Waals surface area contributed by atoms with Crippen molar-refractivity contribution in [1.29, 1.82) is 0 Å². The Hall–Kier alpha value is -0.870. The molecule has 0 aromatic carbocycles. The van der Waals surface area contributed by atoms with Crippen LogP contribution in [0, 0.1) is 5.92 Å². The van der Waals surface area contributed by atoms with Crippen LogP contribution in [0.4, 0.5) is 5.82 Å². The van der Waals surface area contributed by atoms with Gasteiger partial charge in [-0.3, -0.25) is 0 Å². The number of nitrogen functional groups attached to an aromatic ring is 1. The number of halogens is 1. The van der Waals surface area contributed by atoms with Gasteiger partial charge in [0.1, 0.15) is 0 Å². The minimum Gasteiger partial charge on any atom is -0.381 e. The topological polar surface area (TPSA) is 55.0 Å². The summed E-state index contributed by atoms with van der Waals surface area (Å²) in [6, 6.07) is 2.46. The number of piperidine rings is 1. The van der Waals surface area contributed by atoms with E-state index in [0.29, 0.717) is 22.8 Å². The molecule has 1 saturated heterocycles. The number of aromatic nitrogens is 2. The van der Waals surface area contributed by atoms with Gasteiger partial charge in [0.25, 0.3) is 0 Å². The Kier molecular flexibility index (Phi) is 4.40. The van der Waals surface area contributed by atoms with Crippen molar-refractivity contribution < 1.29 is 0 Å². The van der Waals surface area contributed by atoms with Gasteiger partial charge < -0.3 is 10.6 Å². The Balaban J connectivity index is 1.98. The zero-order valence-electron chi connectivity index (χ0n) is 11.1. The first kappa shape index (κ1) is 13.6. The van der Waals surface area contributed by atoms with Crippen LogP contribution in [0.5, 0.6) is 0 Å². The summed E-state index contributed by atoms with van der Waals surface area (Å²) in [5.41, 5.74) is 6.52. The molecule has 1 fully saturated rings. The molecule has 1 aromatic rings. The lowest BCUT2D eigenvalue weighted by atomic mass is 9.92. The van der Waals surface area contributed by atoms with Crippen LogP contribution in [0.3, 0.4) is 0 Å². The predicted octanol–water partition coefficient (Wildman–Crippen LogP) is 2.38. The van der Waals surface area contributed by atoms with Gasteiger partial charge in [-0.1, -0.05) is 11.6 Å². The summed E-state index contributed by atoms with van der Waals surface area (Å²) in [7, 11) is 0. The molecule has 2 rings (SSSR count). The van der Waals surface area contributed by atoms with Crippen molar-refractivity contribution in [3.63, 3.8) is 0 Å². The molecular weight excluding hydrogens is 248 g/mol. The van der Waals surface area contributed by atoms with E-state index in [2.05, 4.69) is 28.9 Å². The van der Waals surface area contributed by atoms with Crippen molar-refractivity contribution >= 4 is 17.4 Å². The Morgan fingerprint density at radius 3 is 2.94 bits per heavy atom. The van der Waals surface area contributed by atoms with Crippen molar-refractivity contribution in [3.05, 3.63) is 16.8 Å². The molecule has 2 N–H and O–H groups in total. The quantitative estimate of drug-likeness (QED) is 0.915. The third-order valence-electron chi connectivity index (χ3n) is 3.60. The highest BCUT2D eigenvalue weighted by atomic mass is 35.5. The minimum atomic E-state index is 0.313. The molecule has 0 bridgehead atoms. The number of rotatable bonds is 3. The number of hydrogen-bond acceptors (Lipinski definition) is 4. The number of nitrogens with two attached hydrogens (primary N) is 1. The van der Waals surface area contributed by atoms with E-state index >= 15 is 0 Å². The third kappa shape index (κ3) is 3.33. The molecule has 0 spiro atoms. The predicted molar refractivity (Wildman–Crippen MR) is 74.6 cm³/mol. The van der Waals surface area contributed by atoms with Crippen LogP contribution in [0.25, 0.3) is 0 Å². The van der Waals surface area contributed by atoms with Crippen LogP contribution < -0.4 is 5.73 Å². The van der Waals surface area contributed by atoms with E-state index in [1.807, 2.05) is 6.07 Å². The lowest BCUT2D eigenvalue weighted by Crippen LogP contribution is -2.40. The highest BCUT2D eigenvalue weighted by Crippen LogP contribution is 2.23. The van der Waals surface area contributed by atoms with Crippen molar-refractivity contribution in [1.82, 2.24) is 15.1 Å². The summed E-state index contributed by atoms with van der Waals surface area (Å²) in [6.45, 7) is 6.86. The molecule has 4 nitrogen and oxygen atoms in total. The molecule has 1 unspecified atom stereocenters. The Morgan fingerprint density at radius 1 is 1.50 bits per heavy atom. The van der Waals surface area contributed by atoms with Gasteiger partial charge in [-0.05, 0) is 51.6 Å². The molecular formula is C13H21ClN4. The summed E-state index contributed by atoms with van der Waals surface area (Å²) in [4.78, 5) is 2.53. The summed E-state index contributed by atoms with van der Waals surface area (Å²) in [5.74, 6) is 0.961. The summed E-state index contributed by atoms with van der Waals surface area (Å²) < 4.78 is 0. The standard InChI is InChI=1S/C13H21ClN4/c1-9(2)18-5-3-4-10(8-18)6-11-7-12(14)13(15)17-16-11/h7,9-10H,3-6,8H2,1-2H3,(H2,15,17). The maximum atomic E-state index is 5.97. The largest absolute Gasteiger partial charge is 0.381 e. The maximum Gasteiger partial charge on any atom is 0.164 e. The number of nitrogens with zero attached hydrogens (tertiary/aromatic N) is 3. The monoisotopic (exact) mass is 268 g/mol. The van der Waals surface area contributed by atoms with E-state index in [4.69, 9.17) is 17.3 Å². The summed E-state index contributed by atoms with van der Waals surface area (Å²) in [6.07, 6.45) is 3.46. The molecule has 0 saturated carbocycles. The molecule has 2 heterocycles. The summed E-state index contributed by atoms with van der Waals surface area (Å²) >= 11 is 5.97. The first-order valence-corrected chi connectivity index (χ1v) is 6.95. The number of anilines is 1. The zero-order chi connectivity index (χ0) is 13.1. The van der Waals surface area contributed by atoms with Crippen LogP contribution in [0.15, 0.2) is 6.07 Å². The van der Waals surface area contributed by atoms with Crippen molar-refractivity contribution in [2.75, 3.05) is 18.8 Å². The summed E-state index contributed by atoms with van der Waals surface area (Å²) in [5, 5.41) is 8.52. The third-order valence-corrected chi connectivity index (χ3v) is 3.91. The van der Waals surface area contributed by atoms with Gasteiger partial charge in [0.05, 0.1) is 10.7 Å². The number of hydrogen-bond donors (Lipinski definition) is 1. The second-order valence-corrected chi connectivity index (χ2v) is 5.78. The first-order chi connectivity index (χ1) is 8.56. The van der Waals surface area contributed by atoms with E-state index in [-0.39, 0.29) is 0 Å². The van der Waals surface area contributed by atoms with Crippen LogP contribution in [0.2, 0.25) is 5.02 Å². The smallest absolute Gasteiger partial charge is 0.164 e. The van der Waals surface area contributed by atoms with E-state index < -0.39 is 0 Å². The molecule has 1 aliphatic heterocycles. The minimum absolute atomic E-state index is 0.313. The molecule has 1 aliphatic rings. The van der Waals surface area contributed by atoms with Crippen molar-refractivity contribution in [2.24, 2.45) is 5.92 Å². The molecule has 18 heavy (non-hydrogen) atoms. The van der Waals surface area contributed by atoms with E-state index in [0.717, 1.165) is 18.7 Å².